The first-order valence-corrected chi connectivity index (χ1v) is 33.5. The Labute approximate surface area is 457 Å². The standard InChI is InChI=1S/C67H131NO5/c1-3-5-7-9-11-13-15-16-38-41-45-49-53-57-61-67(72)73-62-58-54-50-46-42-39-36-34-32-30-28-26-24-22-20-18-17-19-21-23-25-27-29-31-33-35-37-40-44-48-52-56-60-66(71)68-64(63-69)65(70)59-55-51-47-43-14-12-10-8-6-4-2/h55,59,64-65,69-70H,3-54,56-58,60-63H2,1-2H3,(H,68,71)/b59-55+. The molecule has 0 aliphatic carbocycles. The second-order valence-corrected chi connectivity index (χ2v) is 23.2. The van der Waals surface area contributed by atoms with Gasteiger partial charge < -0.3 is 20.3 Å². The van der Waals surface area contributed by atoms with E-state index in [0.29, 0.717) is 19.4 Å². The number of rotatable bonds is 63. The number of unbranched alkanes of at least 4 members (excludes halogenated alkanes) is 52. The van der Waals surface area contributed by atoms with E-state index >= 15 is 0 Å². The third-order valence-corrected chi connectivity index (χ3v) is 15.8. The fourth-order valence-corrected chi connectivity index (χ4v) is 10.7. The van der Waals surface area contributed by atoms with Crippen LogP contribution < -0.4 is 5.32 Å². The van der Waals surface area contributed by atoms with Crippen molar-refractivity contribution >= 4 is 11.9 Å². The number of allylic oxidation sites excluding steroid dienone is 1. The molecule has 0 heterocycles. The molecule has 6 nitrogen and oxygen atoms in total. The van der Waals surface area contributed by atoms with Gasteiger partial charge in [-0.05, 0) is 32.1 Å². The summed E-state index contributed by atoms with van der Waals surface area (Å²) in [4.78, 5) is 24.5. The van der Waals surface area contributed by atoms with Gasteiger partial charge >= 0.3 is 5.97 Å². The smallest absolute Gasteiger partial charge is 0.305 e. The molecule has 0 saturated carbocycles. The van der Waals surface area contributed by atoms with Gasteiger partial charge in [-0.1, -0.05) is 347 Å². The average Bonchev–Trinajstić information content (AvgIpc) is 3.39. The van der Waals surface area contributed by atoms with Gasteiger partial charge in [-0.15, -0.1) is 0 Å². The predicted octanol–water partition coefficient (Wildman–Crippen LogP) is 21.2. The van der Waals surface area contributed by atoms with Gasteiger partial charge in [0.1, 0.15) is 0 Å². The van der Waals surface area contributed by atoms with Crippen LogP contribution in [0.1, 0.15) is 380 Å². The Morgan fingerprint density at radius 3 is 0.932 bits per heavy atom. The number of aliphatic hydroxyl groups is 2. The van der Waals surface area contributed by atoms with Crippen LogP contribution in [-0.4, -0.2) is 47.4 Å². The van der Waals surface area contributed by atoms with Crippen LogP contribution in [0.4, 0.5) is 0 Å². The fourth-order valence-electron chi connectivity index (χ4n) is 10.7. The van der Waals surface area contributed by atoms with Gasteiger partial charge in [-0.25, -0.2) is 0 Å². The molecule has 73 heavy (non-hydrogen) atoms. The molecule has 0 saturated heterocycles. The summed E-state index contributed by atoms with van der Waals surface area (Å²) in [7, 11) is 0. The first kappa shape index (κ1) is 71.6. The number of aliphatic hydroxyl groups excluding tert-OH is 2. The van der Waals surface area contributed by atoms with Crippen molar-refractivity contribution in [2.75, 3.05) is 13.2 Å². The summed E-state index contributed by atoms with van der Waals surface area (Å²) < 4.78 is 5.49. The first-order chi connectivity index (χ1) is 36.0. The van der Waals surface area contributed by atoms with Gasteiger partial charge in [-0.3, -0.25) is 9.59 Å². The van der Waals surface area contributed by atoms with Crippen LogP contribution in [0.25, 0.3) is 0 Å². The molecular weight excluding hydrogens is 899 g/mol. The summed E-state index contributed by atoms with van der Waals surface area (Å²) in [5, 5.41) is 23.0. The average molecular weight is 1030 g/mol. The number of amides is 1. The zero-order valence-corrected chi connectivity index (χ0v) is 49.6. The molecular formula is C67H131NO5. The van der Waals surface area contributed by atoms with Crippen LogP contribution in [0.2, 0.25) is 0 Å². The highest BCUT2D eigenvalue weighted by atomic mass is 16.5. The van der Waals surface area contributed by atoms with E-state index in [1.165, 1.54) is 315 Å². The summed E-state index contributed by atoms with van der Waals surface area (Å²) in [5.74, 6) is -0.0398. The molecule has 0 aromatic carbocycles. The van der Waals surface area contributed by atoms with Crippen LogP contribution in [-0.2, 0) is 14.3 Å². The number of carbonyl (C=O) groups excluding carboxylic acids is 2. The minimum atomic E-state index is -0.838. The number of nitrogens with one attached hydrogen (secondary N) is 1. The molecule has 0 aromatic heterocycles. The Kier molecular flexibility index (Phi) is 61.9. The lowest BCUT2D eigenvalue weighted by atomic mass is 10.0. The van der Waals surface area contributed by atoms with Crippen LogP contribution in [0.5, 0.6) is 0 Å². The van der Waals surface area contributed by atoms with Crippen molar-refractivity contribution in [2.24, 2.45) is 0 Å². The molecule has 0 rings (SSSR count). The van der Waals surface area contributed by atoms with E-state index in [-0.39, 0.29) is 18.5 Å². The maximum Gasteiger partial charge on any atom is 0.305 e. The summed E-state index contributed by atoms with van der Waals surface area (Å²) in [5.41, 5.74) is 0. The number of esters is 1. The minimum absolute atomic E-state index is 0.0238. The normalized spacial score (nSPS) is 12.5. The van der Waals surface area contributed by atoms with E-state index in [0.717, 1.165) is 38.5 Å². The van der Waals surface area contributed by atoms with Gasteiger partial charge in [0, 0.05) is 12.8 Å². The summed E-state index contributed by atoms with van der Waals surface area (Å²) in [6, 6.07) is -0.621. The van der Waals surface area contributed by atoms with E-state index in [9.17, 15) is 19.8 Å². The van der Waals surface area contributed by atoms with E-state index in [4.69, 9.17) is 4.74 Å². The van der Waals surface area contributed by atoms with Crippen molar-refractivity contribution in [3.63, 3.8) is 0 Å². The Morgan fingerprint density at radius 2 is 0.630 bits per heavy atom. The zero-order chi connectivity index (χ0) is 52.9. The molecule has 3 N–H and O–H groups in total. The lowest BCUT2D eigenvalue weighted by Crippen LogP contribution is -2.45. The molecule has 0 bridgehead atoms. The molecule has 1 amide bonds. The number of ether oxygens (including phenoxy) is 1. The molecule has 0 aliphatic heterocycles. The fraction of sp³-hybridized carbons (Fsp3) is 0.940. The van der Waals surface area contributed by atoms with E-state index in [2.05, 4.69) is 19.2 Å². The molecule has 0 spiro atoms. The molecule has 6 heteroatoms. The number of carbonyl (C=O) groups is 2. The Bertz CT molecular complexity index is 1100. The topological polar surface area (TPSA) is 95.9 Å². The van der Waals surface area contributed by atoms with E-state index in [1.54, 1.807) is 6.08 Å². The van der Waals surface area contributed by atoms with Crippen molar-refractivity contribution in [1.29, 1.82) is 0 Å². The summed E-state index contributed by atoms with van der Waals surface area (Å²) >= 11 is 0. The zero-order valence-electron chi connectivity index (χ0n) is 49.6. The third kappa shape index (κ3) is 59.7. The lowest BCUT2D eigenvalue weighted by molar-refractivity contribution is -0.143. The van der Waals surface area contributed by atoms with Gasteiger partial charge in [0.25, 0.3) is 0 Å². The summed E-state index contributed by atoms with van der Waals surface area (Å²) in [6.45, 7) is 4.92. The lowest BCUT2D eigenvalue weighted by Gasteiger charge is -2.20. The van der Waals surface area contributed by atoms with Crippen molar-refractivity contribution in [3.05, 3.63) is 12.2 Å². The quantitative estimate of drug-likeness (QED) is 0.0320. The van der Waals surface area contributed by atoms with Crippen molar-refractivity contribution in [1.82, 2.24) is 5.32 Å². The molecule has 0 radical (unpaired) electrons. The highest BCUT2D eigenvalue weighted by Gasteiger charge is 2.18. The predicted molar refractivity (Wildman–Crippen MR) is 320 cm³/mol. The Hall–Kier alpha value is -1.40. The van der Waals surface area contributed by atoms with Gasteiger partial charge in [0.05, 0.1) is 25.4 Å². The second-order valence-electron chi connectivity index (χ2n) is 23.2. The van der Waals surface area contributed by atoms with Gasteiger partial charge in [0.15, 0.2) is 0 Å². The van der Waals surface area contributed by atoms with Crippen LogP contribution in [0, 0.1) is 0 Å². The molecule has 434 valence electrons. The van der Waals surface area contributed by atoms with Crippen LogP contribution >= 0.6 is 0 Å². The first-order valence-electron chi connectivity index (χ1n) is 33.5. The highest BCUT2D eigenvalue weighted by molar-refractivity contribution is 5.76. The second kappa shape index (κ2) is 63.1. The highest BCUT2D eigenvalue weighted by Crippen LogP contribution is 2.19. The molecule has 0 aliphatic rings. The Balaban J connectivity index is 3.29. The molecule has 0 aromatic rings. The SMILES string of the molecule is CCCCCCCCCC/C=C/C(O)C(CO)NC(=O)CCCCCCCCCCCCCCCCCCCCCCCCCCCCCCCCCCOC(=O)CCCCCCCCCCCCCCCC. The number of hydrogen-bond donors (Lipinski definition) is 3. The van der Waals surface area contributed by atoms with Gasteiger partial charge in [0.2, 0.25) is 5.91 Å². The maximum atomic E-state index is 12.4. The molecule has 2 unspecified atom stereocenters. The Morgan fingerprint density at radius 1 is 0.370 bits per heavy atom. The van der Waals surface area contributed by atoms with Crippen LogP contribution in [0.15, 0.2) is 12.2 Å². The van der Waals surface area contributed by atoms with Crippen molar-refractivity contribution in [2.45, 2.75) is 392 Å². The minimum Gasteiger partial charge on any atom is -0.466 e. The van der Waals surface area contributed by atoms with Crippen molar-refractivity contribution in [3.8, 4) is 0 Å². The van der Waals surface area contributed by atoms with Gasteiger partial charge in [-0.2, -0.15) is 0 Å². The number of hydrogen-bond acceptors (Lipinski definition) is 5. The maximum absolute atomic E-state index is 12.4. The molecule has 0 fully saturated rings. The monoisotopic (exact) mass is 1030 g/mol. The van der Waals surface area contributed by atoms with Crippen molar-refractivity contribution < 1.29 is 24.5 Å². The molecule has 2 atom stereocenters. The summed E-state index contributed by atoms with van der Waals surface area (Å²) in [6.07, 6.45) is 77.3. The van der Waals surface area contributed by atoms with E-state index < -0.39 is 12.1 Å². The largest absolute Gasteiger partial charge is 0.466 e. The van der Waals surface area contributed by atoms with Crippen LogP contribution in [0.3, 0.4) is 0 Å². The third-order valence-electron chi connectivity index (χ3n) is 15.8. The van der Waals surface area contributed by atoms with E-state index in [1.807, 2.05) is 6.08 Å².